The second-order valence-electron chi connectivity index (χ2n) is 3.92. The minimum Gasteiger partial charge on any atom is -0.356 e. The third-order valence-corrected chi connectivity index (χ3v) is 2.92. The minimum atomic E-state index is 0.0864. The number of rotatable bonds is 4. The molecule has 0 fully saturated rings. The van der Waals surface area contributed by atoms with Gasteiger partial charge in [0.15, 0.2) is 0 Å². The molecule has 1 aromatic carbocycles. The Kier molecular flexibility index (Phi) is 3.69. The number of benzene rings is 1. The first kappa shape index (κ1) is 12.0. The number of hydrogen-bond donors (Lipinski definition) is 1. The third-order valence-electron chi connectivity index (χ3n) is 2.69. The second kappa shape index (κ2) is 5.23. The van der Waals surface area contributed by atoms with Gasteiger partial charge in [-0.05, 0) is 31.2 Å². The zero-order chi connectivity index (χ0) is 12.3. The van der Waals surface area contributed by atoms with E-state index in [0.29, 0.717) is 19.5 Å². The highest BCUT2D eigenvalue weighted by atomic mass is 35.5. The van der Waals surface area contributed by atoms with Crippen molar-refractivity contribution in [3.8, 4) is 0 Å². The van der Waals surface area contributed by atoms with Crippen LogP contribution in [0.3, 0.4) is 0 Å². The predicted octanol–water partition coefficient (Wildman–Crippen LogP) is 2.82. The van der Waals surface area contributed by atoms with Gasteiger partial charge in [0.05, 0.1) is 0 Å². The number of hydrogen-bond acceptors (Lipinski definition) is 1. The highest BCUT2D eigenvalue weighted by molar-refractivity contribution is 6.31. The van der Waals surface area contributed by atoms with Gasteiger partial charge in [-0.1, -0.05) is 11.6 Å². The summed E-state index contributed by atoms with van der Waals surface area (Å²) in [6.45, 7) is 3.29. The van der Waals surface area contributed by atoms with Gasteiger partial charge < -0.3 is 9.88 Å². The summed E-state index contributed by atoms with van der Waals surface area (Å²) in [4.78, 5) is 11.4. The fourth-order valence-electron chi connectivity index (χ4n) is 1.87. The second-order valence-corrected chi connectivity index (χ2v) is 4.35. The zero-order valence-electron chi connectivity index (χ0n) is 9.74. The molecule has 0 unspecified atom stereocenters. The summed E-state index contributed by atoms with van der Waals surface area (Å²) >= 11 is 5.92. The van der Waals surface area contributed by atoms with E-state index in [0.717, 1.165) is 15.9 Å². The molecule has 0 aliphatic rings. The zero-order valence-corrected chi connectivity index (χ0v) is 10.5. The molecule has 17 heavy (non-hydrogen) atoms. The number of nitrogens with one attached hydrogen (secondary N) is 1. The minimum absolute atomic E-state index is 0.0864. The van der Waals surface area contributed by atoms with Crippen LogP contribution in [0.1, 0.15) is 13.3 Å². The smallest absolute Gasteiger partial charge is 0.221 e. The van der Waals surface area contributed by atoms with Gasteiger partial charge in [0, 0.05) is 41.6 Å². The lowest BCUT2D eigenvalue weighted by molar-refractivity contribution is -0.121. The Morgan fingerprint density at radius 3 is 3.00 bits per heavy atom. The van der Waals surface area contributed by atoms with Gasteiger partial charge in [-0.3, -0.25) is 4.79 Å². The van der Waals surface area contributed by atoms with Crippen LogP contribution in [0.15, 0.2) is 30.5 Å². The van der Waals surface area contributed by atoms with Gasteiger partial charge >= 0.3 is 0 Å². The Hall–Kier alpha value is -1.48. The maximum absolute atomic E-state index is 11.4. The van der Waals surface area contributed by atoms with Crippen LogP contribution in [0.25, 0.3) is 10.9 Å². The first-order chi connectivity index (χ1) is 8.20. The first-order valence-electron chi connectivity index (χ1n) is 5.72. The van der Waals surface area contributed by atoms with Crippen LogP contribution < -0.4 is 5.32 Å². The monoisotopic (exact) mass is 250 g/mol. The molecule has 0 bridgehead atoms. The van der Waals surface area contributed by atoms with Crippen LogP contribution in [0.2, 0.25) is 5.02 Å². The molecular weight excluding hydrogens is 236 g/mol. The maximum Gasteiger partial charge on any atom is 0.221 e. The van der Waals surface area contributed by atoms with Gasteiger partial charge in [-0.2, -0.15) is 0 Å². The number of aromatic nitrogens is 1. The normalized spacial score (nSPS) is 10.7. The van der Waals surface area contributed by atoms with E-state index >= 15 is 0 Å². The van der Waals surface area contributed by atoms with Crippen molar-refractivity contribution in [3.63, 3.8) is 0 Å². The molecule has 1 amide bonds. The van der Waals surface area contributed by atoms with Gasteiger partial charge in [-0.15, -0.1) is 0 Å². The van der Waals surface area contributed by atoms with Crippen molar-refractivity contribution < 1.29 is 4.79 Å². The summed E-state index contributed by atoms with van der Waals surface area (Å²) in [6, 6.07) is 7.79. The number of carbonyl (C=O) groups excluding carboxylic acids is 1. The molecule has 1 aromatic heterocycles. The number of halogens is 1. The molecule has 90 valence electrons. The van der Waals surface area contributed by atoms with E-state index in [1.807, 2.05) is 37.4 Å². The topological polar surface area (TPSA) is 34.0 Å². The van der Waals surface area contributed by atoms with Crippen molar-refractivity contribution in [2.75, 3.05) is 6.54 Å². The van der Waals surface area contributed by atoms with Crippen molar-refractivity contribution >= 4 is 28.4 Å². The molecule has 1 N–H and O–H groups in total. The highest BCUT2D eigenvalue weighted by Crippen LogP contribution is 2.20. The molecule has 1 heterocycles. The van der Waals surface area contributed by atoms with Crippen molar-refractivity contribution in [1.82, 2.24) is 9.88 Å². The molecular formula is C13H15ClN2O. The molecule has 0 aliphatic carbocycles. The molecule has 2 aromatic rings. The van der Waals surface area contributed by atoms with E-state index in [1.54, 1.807) is 0 Å². The molecule has 4 heteroatoms. The number of aryl methyl sites for hydroxylation is 1. The van der Waals surface area contributed by atoms with E-state index in [4.69, 9.17) is 11.6 Å². The standard InChI is InChI=1S/C13H15ClN2O/c1-2-15-13(17)6-8-16-7-5-10-9-11(14)3-4-12(10)16/h3-5,7,9H,2,6,8H2,1H3,(H,15,17). The van der Waals surface area contributed by atoms with E-state index in [9.17, 15) is 4.79 Å². The van der Waals surface area contributed by atoms with Crippen LogP contribution in [-0.2, 0) is 11.3 Å². The summed E-state index contributed by atoms with van der Waals surface area (Å²) < 4.78 is 2.07. The van der Waals surface area contributed by atoms with Crippen LogP contribution in [0.4, 0.5) is 0 Å². The summed E-state index contributed by atoms with van der Waals surface area (Å²) in [5.41, 5.74) is 1.11. The number of carbonyl (C=O) groups is 1. The quantitative estimate of drug-likeness (QED) is 0.890. The Morgan fingerprint density at radius 1 is 1.41 bits per heavy atom. The van der Waals surface area contributed by atoms with Crippen molar-refractivity contribution in [2.45, 2.75) is 19.9 Å². The van der Waals surface area contributed by atoms with E-state index < -0.39 is 0 Å². The van der Waals surface area contributed by atoms with Gasteiger partial charge in [0.2, 0.25) is 5.91 Å². The lowest BCUT2D eigenvalue weighted by Gasteiger charge is -2.05. The Labute approximate surface area is 105 Å². The van der Waals surface area contributed by atoms with E-state index in [2.05, 4.69) is 9.88 Å². The fourth-order valence-corrected chi connectivity index (χ4v) is 2.05. The van der Waals surface area contributed by atoms with Crippen LogP contribution in [-0.4, -0.2) is 17.0 Å². The van der Waals surface area contributed by atoms with E-state index in [1.165, 1.54) is 0 Å². The van der Waals surface area contributed by atoms with Crippen molar-refractivity contribution in [3.05, 3.63) is 35.5 Å². The molecule has 3 nitrogen and oxygen atoms in total. The van der Waals surface area contributed by atoms with E-state index in [-0.39, 0.29) is 5.91 Å². The largest absolute Gasteiger partial charge is 0.356 e. The fraction of sp³-hybridized carbons (Fsp3) is 0.308. The summed E-state index contributed by atoms with van der Waals surface area (Å²) in [5, 5.41) is 4.63. The van der Waals surface area contributed by atoms with Crippen molar-refractivity contribution in [1.29, 1.82) is 0 Å². The van der Waals surface area contributed by atoms with Crippen LogP contribution >= 0.6 is 11.6 Å². The van der Waals surface area contributed by atoms with Crippen LogP contribution in [0.5, 0.6) is 0 Å². The molecule has 0 spiro atoms. The molecule has 0 radical (unpaired) electrons. The lowest BCUT2D eigenvalue weighted by atomic mass is 10.2. The summed E-state index contributed by atoms with van der Waals surface area (Å²) in [7, 11) is 0. The van der Waals surface area contributed by atoms with Crippen LogP contribution in [0, 0.1) is 0 Å². The maximum atomic E-state index is 11.4. The van der Waals surface area contributed by atoms with Gasteiger partial charge in [0.1, 0.15) is 0 Å². The molecule has 0 saturated heterocycles. The number of nitrogens with zero attached hydrogens (tertiary/aromatic N) is 1. The average Bonchev–Trinajstić information content (AvgIpc) is 2.69. The average molecular weight is 251 g/mol. The van der Waals surface area contributed by atoms with Gasteiger partial charge in [-0.25, -0.2) is 0 Å². The number of amides is 1. The predicted molar refractivity (Wildman–Crippen MR) is 70.2 cm³/mol. The lowest BCUT2D eigenvalue weighted by Crippen LogP contribution is -2.23. The summed E-state index contributed by atoms with van der Waals surface area (Å²) in [5.74, 6) is 0.0864. The number of fused-ring (bicyclic) bond motifs is 1. The summed E-state index contributed by atoms with van der Waals surface area (Å²) in [6.07, 6.45) is 2.49. The molecule has 2 rings (SSSR count). The van der Waals surface area contributed by atoms with Crippen molar-refractivity contribution in [2.24, 2.45) is 0 Å². The SMILES string of the molecule is CCNC(=O)CCn1ccc2cc(Cl)ccc21. The molecule has 0 atom stereocenters. The third kappa shape index (κ3) is 2.80. The molecule has 0 aliphatic heterocycles. The Balaban J connectivity index is 2.11. The first-order valence-corrected chi connectivity index (χ1v) is 6.09. The molecule has 0 saturated carbocycles. The Morgan fingerprint density at radius 2 is 2.24 bits per heavy atom. The van der Waals surface area contributed by atoms with Gasteiger partial charge in [0.25, 0.3) is 0 Å². The Bertz CT molecular complexity index is 533. The highest BCUT2D eigenvalue weighted by Gasteiger charge is 2.04.